The number of hydrogen-bond donors (Lipinski definition) is 0. The second kappa shape index (κ2) is 4.88. The average molecular weight is 267 g/mol. The van der Waals surface area contributed by atoms with Gasteiger partial charge in [0.2, 0.25) is 0 Å². The fourth-order valence-electron chi connectivity index (χ4n) is 1.93. The maximum atomic E-state index is 6.00. The fraction of sp³-hybridized carbons (Fsp3) is 0.571. The van der Waals surface area contributed by atoms with Gasteiger partial charge in [-0.2, -0.15) is 0 Å². The molecule has 1 heterocycles. The van der Waals surface area contributed by atoms with Crippen LogP contribution in [0.5, 0.6) is 0 Å². The van der Waals surface area contributed by atoms with E-state index in [1.807, 2.05) is 0 Å². The minimum Gasteiger partial charge on any atom is -0.399 e. The van der Waals surface area contributed by atoms with Crippen molar-refractivity contribution in [2.45, 2.75) is 45.3 Å². The monoisotopic (exact) mass is 266 g/mol. The van der Waals surface area contributed by atoms with Crippen LogP contribution in [-0.2, 0) is 15.7 Å². The van der Waals surface area contributed by atoms with Crippen LogP contribution in [0.4, 0.5) is 0 Å². The SMILES string of the molecule is CC1(C)OB(c2ccc(CCCl)cc2)OC1(C)C. The van der Waals surface area contributed by atoms with Crippen LogP contribution in [0.2, 0.25) is 0 Å². The van der Waals surface area contributed by atoms with Crippen LogP contribution in [0.25, 0.3) is 0 Å². The third kappa shape index (κ3) is 2.58. The van der Waals surface area contributed by atoms with Crippen molar-refractivity contribution in [1.29, 1.82) is 0 Å². The standard InChI is InChI=1S/C14H20BClO2/c1-13(2)14(3,4)18-15(17-13)12-7-5-11(6-8-12)9-10-16/h5-8H,9-10H2,1-4H3. The van der Waals surface area contributed by atoms with Gasteiger partial charge in [-0.15, -0.1) is 11.6 Å². The minimum absolute atomic E-state index is 0.278. The van der Waals surface area contributed by atoms with E-state index in [0.29, 0.717) is 5.88 Å². The molecule has 0 aliphatic carbocycles. The lowest BCUT2D eigenvalue weighted by Gasteiger charge is -2.32. The van der Waals surface area contributed by atoms with Gasteiger partial charge in [0.1, 0.15) is 0 Å². The Labute approximate surface area is 115 Å². The lowest BCUT2D eigenvalue weighted by molar-refractivity contribution is 0.00578. The maximum absolute atomic E-state index is 6.00. The molecule has 0 aromatic heterocycles. The second-order valence-electron chi connectivity index (χ2n) is 5.77. The zero-order valence-corrected chi connectivity index (χ0v) is 12.3. The summed E-state index contributed by atoms with van der Waals surface area (Å²) in [4.78, 5) is 0. The van der Waals surface area contributed by atoms with E-state index in [-0.39, 0.29) is 18.3 Å². The first-order valence-electron chi connectivity index (χ1n) is 6.36. The summed E-state index contributed by atoms with van der Waals surface area (Å²) < 4.78 is 12.0. The molecule has 0 spiro atoms. The van der Waals surface area contributed by atoms with Crippen molar-refractivity contribution in [2.75, 3.05) is 5.88 Å². The van der Waals surface area contributed by atoms with Crippen LogP contribution in [0.1, 0.15) is 33.3 Å². The molecule has 1 fully saturated rings. The van der Waals surface area contributed by atoms with Gasteiger partial charge in [0.05, 0.1) is 11.2 Å². The van der Waals surface area contributed by atoms with Crippen LogP contribution in [0.3, 0.4) is 0 Å². The Morgan fingerprint density at radius 1 is 1.00 bits per heavy atom. The van der Waals surface area contributed by atoms with Crippen molar-refractivity contribution in [1.82, 2.24) is 0 Å². The molecule has 0 saturated carbocycles. The Morgan fingerprint density at radius 2 is 1.50 bits per heavy atom. The number of aryl methyl sites for hydroxylation is 1. The smallest absolute Gasteiger partial charge is 0.399 e. The van der Waals surface area contributed by atoms with E-state index in [1.54, 1.807) is 0 Å². The van der Waals surface area contributed by atoms with E-state index in [2.05, 4.69) is 52.0 Å². The van der Waals surface area contributed by atoms with Crippen molar-refractivity contribution < 1.29 is 9.31 Å². The molecule has 0 radical (unpaired) electrons. The summed E-state index contributed by atoms with van der Waals surface area (Å²) in [5.74, 6) is 0.649. The van der Waals surface area contributed by atoms with E-state index < -0.39 is 0 Å². The Kier molecular flexibility index (Phi) is 3.77. The molecule has 4 heteroatoms. The number of alkyl halides is 1. The first kappa shape index (κ1) is 13.9. The number of benzene rings is 1. The molecule has 2 nitrogen and oxygen atoms in total. The van der Waals surface area contributed by atoms with Crippen LogP contribution < -0.4 is 5.46 Å². The van der Waals surface area contributed by atoms with Crippen LogP contribution >= 0.6 is 11.6 Å². The van der Waals surface area contributed by atoms with Crippen LogP contribution in [0.15, 0.2) is 24.3 Å². The zero-order chi connectivity index (χ0) is 13.4. The molecule has 1 aromatic rings. The van der Waals surface area contributed by atoms with Crippen molar-refractivity contribution in [2.24, 2.45) is 0 Å². The Balaban J connectivity index is 2.14. The molecule has 18 heavy (non-hydrogen) atoms. The molecule has 0 unspecified atom stereocenters. The van der Waals surface area contributed by atoms with Gasteiger partial charge in [0.25, 0.3) is 0 Å². The Hall–Kier alpha value is -0.505. The quantitative estimate of drug-likeness (QED) is 0.619. The Morgan fingerprint density at radius 3 is 1.94 bits per heavy atom. The van der Waals surface area contributed by atoms with Gasteiger partial charge in [-0.05, 0) is 45.1 Å². The lowest BCUT2D eigenvalue weighted by atomic mass is 9.79. The predicted octanol–water partition coefficient (Wildman–Crippen LogP) is 2.77. The number of rotatable bonds is 3. The van der Waals surface area contributed by atoms with Gasteiger partial charge >= 0.3 is 7.12 Å². The van der Waals surface area contributed by atoms with Crippen molar-refractivity contribution >= 4 is 24.2 Å². The molecule has 0 bridgehead atoms. The summed E-state index contributed by atoms with van der Waals surface area (Å²) in [5, 5.41) is 0. The van der Waals surface area contributed by atoms with E-state index in [4.69, 9.17) is 20.9 Å². The van der Waals surface area contributed by atoms with Gasteiger partial charge in [-0.1, -0.05) is 24.3 Å². The van der Waals surface area contributed by atoms with Gasteiger partial charge < -0.3 is 9.31 Å². The number of hydrogen-bond acceptors (Lipinski definition) is 2. The van der Waals surface area contributed by atoms with Crippen molar-refractivity contribution in [3.05, 3.63) is 29.8 Å². The number of halogens is 1. The van der Waals surface area contributed by atoms with Gasteiger partial charge in [0.15, 0.2) is 0 Å². The summed E-state index contributed by atoms with van der Waals surface area (Å²) in [6, 6.07) is 8.29. The molecule has 0 N–H and O–H groups in total. The predicted molar refractivity (Wildman–Crippen MR) is 76.6 cm³/mol. The van der Waals surface area contributed by atoms with Crippen LogP contribution in [0, 0.1) is 0 Å². The van der Waals surface area contributed by atoms with Crippen LogP contribution in [-0.4, -0.2) is 24.2 Å². The van der Waals surface area contributed by atoms with E-state index in [9.17, 15) is 0 Å². The zero-order valence-electron chi connectivity index (χ0n) is 11.5. The maximum Gasteiger partial charge on any atom is 0.494 e. The highest BCUT2D eigenvalue weighted by molar-refractivity contribution is 6.62. The lowest BCUT2D eigenvalue weighted by Crippen LogP contribution is -2.41. The largest absolute Gasteiger partial charge is 0.494 e. The summed E-state index contributed by atoms with van der Waals surface area (Å²) in [7, 11) is -0.278. The average Bonchev–Trinajstić information content (AvgIpc) is 2.50. The molecular formula is C14H20BClO2. The molecular weight excluding hydrogens is 246 g/mol. The topological polar surface area (TPSA) is 18.5 Å². The molecule has 0 atom stereocenters. The van der Waals surface area contributed by atoms with Gasteiger partial charge in [-0.3, -0.25) is 0 Å². The Bertz CT molecular complexity index is 398. The van der Waals surface area contributed by atoms with Gasteiger partial charge in [-0.25, -0.2) is 0 Å². The fourth-order valence-corrected chi connectivity index (χ4v) is 2.15. The molecule has 1 aromatic carbocycles. The molecule has 98 valence electrons. The minimum atomic E-state index is -0.285. The van der Waals surface area contributed by atoms with E-state index in [0.717, 1.165) is 11.9 Å². The first-order valence-corrected chi connectivity index (χ1v) is 6.90. The molecule has 0 amide bonds. The molecule has 1 aliphatic heterocycles. The van der Waals surface area contributed by atoms with E-state index >= 15 is 0 Å². The highest BCUT2D eigenvalue weighted by atomic mass is 35.5. The highest BCUT2D eigenvalue weighted by Crippen LogP contribution is 2.36. The van der Waals surface area contributed by atoms with Gasteiger partial charge in [0, 0.05) is 5.88 Å². The third-order valence-electron chi connectivity index (χ3n) is 3.89. The van der Waals surface area contributed by atoms with E-state index in [1.165, 1.54) is 5.56 Å². The molecule has 1 saturated heterocycles. The van der Waals surface area contributed by atoms with Crippen molar-refractivity contribution in [3.63, 3.8) is 0 Å². The molecule has 1 aliphatic rings. The highest BCUT2D eigenvalue weighted by Gasteiger charge is 2.51. The summed E-state index contributed by atoms with van der Waals surface area (Å²) in [5.41, 5.74) is 1.73. The normalized spacial score (nSPS) is 21.3. The third-order valence-corrected chi connectivity index (χ3v) is 4.08. The summed E-state index contributed by atoms with van der Waals surface area (Å²) in [6.07, 6.45) is 0.894. The first-order chi connectivity index (χ1) is 8.36. The second-order valence-corrected chi connectivity index (χ2v) is 6.15. The van der Waals surface area contributed by atoms with Crippen molar-refractivity contribution in [3.8, 4) is 0 Å². The molecule has 2 rings (SSSR count). The summed E-state index contributed by atoms with van der Waals surface area (Å²) in [6.45, 7) is 8.26. The summed E-state index contributed by atoms with van der Waals surface area (Å²) >= 11 is 5.73.